The van der Waals surface area contributed by atoms with Gasteiger partial charge in [-0.1, -0.05) is 78.1 Å². The van der Waals surface area contributed by atoms with Gasteiger partial charge in [-0.3, -0.25) is 0 Å². The SMILES string of the molecule is CCCCCCC1CNC(C2CCC(C3CCC(CCCCC)CC3)CC2)NC1. The third kappa shape index (κ3) is 7.84. The summed E-state index contributed by atoms with van der Waals surface area (Å²) in [5, 5.41) is 7.79. The highest BCUT2D eigenvalue weighted by molar-refractivity contribution is 4.88. The van der Waals surface area contributed by atoms with E-state index in [0.717, 1.165) is 29.6 Å². The van der Waals surface area contributed by atoms with Gasteiger partial charge in [0.15, 0.2) is 0 Å². The van der Waals surface area contributed by atoms with Gasteiger partial charge in [0.2, 0.25) is 0 Å². The Labute approximate surface area is 182 Å². The van der Waals surface area contributed by atoms with Crippen LogP contribution >= 0.6 is 0 Å². The van der Waals surface area contributed by atoms with E-state index < -0.39 is 0 Å². The minimum Gasteiger partial charge on any atom is -0.301 e. The summed E-state index contributed by atoms with van der Waals surface area (Å²) in [5.74, 6) is 4.94. The normalized spacial score (nSPS) is 36.2. The summed E-state index contributed by atoms with van der Waals surface area (Å²) in [5.41, 5.74) is 0. The Balaban J connectivity index is 1.27. The van der Waals surface area contributed by atoms with Crippen molar-refractivity contribution in [2.45, 2.75) is 129 Å². The van der Waals surface area contributed by atoms with E-state index in [1.807, 2.05) is 0 Å². The van der Waals surface area contributed by atoms with E-state index in [4.69, 9.17) is 0 Å². The van der Waals surface area contributed by atoms with Crippen molar-refractivity contribution < 1.29 is 0 Å². The summed E-state index contributed by atoms with van der Waals surface area (Å²) in [6.07, 6.45) is 25.6. The molecule has 0 aromatic rings. The number of nitrogens with one attached hydrogen (secondary N) is 2. The molecule has 1 aliphatic heterocycles. The molecule has 0 atom stereocenters. The second-order valence-electron chi connectivity index (χ2n) is 11.0. The maximum Gasteiger partial charge on any atom is 0.0600 e. The van der Waals surface area contributed by atoms with Gasteiger partial charge in [0.05, 0.1) is 6.17 Å². The molecule has 0 amide bonds. The van der Waals surface area contributed by atoms with Crippen LogP contribution in [0.25, 0.3) is 0 Å². The molecule has 2 nitrogen and oxygen atoms in total. The van der Waals surface area contributed by atoms with Crippen molar-refractivity contribution in [2.75, 3.05) is 13.1 Å². The van der Waals surface area contributed by atoms with Crippen LogP contribution in [0.1, 0.15) is 123 Å². The lowest BCUT2D eigenvalue weighted by molar-refractivity contribution is 0.112. The molecule has 2 N–H and O–H groups in total. The molecule has 0 radical (unpaired) electrons. The summed E-state index contributed by atoms with van der Waals surface area (Å²) in [6, 6.07) is 0. The molecule has 0 spiro atoms. The highest BCUT2D eigenvalue weighted by Gasteiger charge is 2.34. The monoisotopic (exact) mass is 404 g/mol. The molecule has 1 heterocycles. The standard InChI is InChI=1S/C27H52N2/c1-3-5-7-9-11-23-20-28-27(29-21-23)26-18-16-25(17-19-26)24-14-12-22(13-15-24)10-8-6-4-2/h22-29H,3-21H2,1-2H3. The van der Waals surface area contributed by atoms with E-state index in [0.29, 0.717) is 6.17 Å². The number of hydrogen-bond acceptors (Lipinski definition) is 2. The average molecular weight is 405 g/mol. The van der Waals surface area contributed by atoms with E-state index in [2.05, 4.69) is 24.5 Å². The Kier molecular flexibility index (Phi) is 10.9. The molecular formula is C27H52N2. The lowest BCUT2D eigenvalue weighted by Gasteiger charge is -2.42. The van der Waals surface area contributed by atoms with Gasteiger partial charge in [-0.2, -0.15) is 0 Å². The van der Waals surface area contributed by atoms with Crippen LogP contribution in [0.3, 0.4) is 0 Å². The van der Waals surface area contributed by atoms with Crippen LogP contribution in [0.4, 0.5) is 0 Å². The first-order valence-corrected chi connectivity index (χ1v) is 13.8. The molecule has 0 bridgehead atoms. The van der Waals surface area contributed by atoms with Crippen molar-refractivity contribution in [1.82, 2.24) is 10.6 Å². The number of unbranched alkanes of at least 4 members (excludes halogenated alkanes) is 5. The van der Waals surface area contributed by atoms with Gasteiger partial charge < -0.3 is 10.6 Å². The lowest BCUT2D eigenvalue weighted by Crippen LogP contribution is -2.56. The molecule has 0 unspecified atom stereocenters. The van der Waals surface area contributed by atoms with Crippen LogP contribution in [0.5, 0.6) is 0 Å². The zero-order valence-electron chi connectivity index (χ0n) is 19.9. The third-order valence-electron chi connectivity index (χ3n) is 8.78. The van der Waals surface area contributed by atoms with Gasteiger partial charge in [-0.25, -0.2) is 0 Å². The quantitative estimate of drug-likeness (QED) is 0.353. The van der Waals surface area contributed by atoms with Crippen LogP contribution in [0.15, 0.2) is 0 Å². The molecule has 0 aromatic carbocycles. The molecule has 29 heavy (non-hydrogen) atoms. The van der Waals surface area contributed by atoms with Crippen molar-refractivity contribution in [3.63, 3.8) is 0 Å². The zero-order chi connectivity index (χ0) is 20.3. The van der Waals surface area contributed by atoms with E-state index in [9.17, 15) is 0 Å². The maximum absolute atomic E-state index is 3.89. The second-order valence-corrected chi connectivity index (χ2v) is 11.0. The summed E-state index contributed by atoms with van der Waals surface area (Å²) < 4.78 is 0. The van der Waals surface area contributed by atoms with Crippen molar-refractivity contribution in [1.29, 1.82) is 0 Å². The minimum absolute atomic E-state index is 0.608. The van der Waals surface area contributed by atoms with Crippen LogP contribution in [0, 0.1) is 29.6 Å². The maximum atomic E-state index is 3.89. The average Bonchev–Trinajstić information content (AvgIpc) is 2.78. The molecular weight excluding hydrogens is 352 g/mol. The predicted molar refractivity (Wildman–Crippen MR) is 127 cm³/mol. The van der Waals surface area contributed by atoms with Gasteiger partial charge in [-0.05, 0) is 74.5 Å². The Morgan fingerprint density at radius 1 is 0.517 bits per heavy atom. The Morgan fingerprint density at radius 2 is 1.00 bits per heavy atom. The molecule has 1 saturated heterocycles. The molecule has 3 rings (SSSR count). The van der Waals surface area contributed by atoms with E-state index in [-0.39, 0.29) is 0 Å². The summed E-state index contributed by atoms with van der Waals surface area (Å²) in [7, 11) is 0. The largest absolute Gasteiger partial charge is 0.301 e. The Bertz CT molecular complexity index is 399. The fourth-order valence-corrected chi connectivity index (χ4v) is 6.71. The second kappa shape index (κ2) is 13.4. The Hall–Kier alpha value is -0.0800. The molecule has 2 saturated carbocycles. The van der Waals surface area contributed by atoms with Gasteiger partial charge in [-0.15, -0.1) is 0 Å². The van der Waals surface area contributed by atoms with Gasteiger partial charge in [0, 0.05) is 13.1 Å². The van der Waals surface area contributed by atoms with Crippen molar-refractivity contribution in [3.05, 3.63) is 0 Å². The van der Waals surface area contributed by atoms with Crippen molar-refractivity contribution >= 4 is 0 Å². The minimum atomic E-state index is 0.608. The third-order valence-corrected chi connectivity index (χ3v) is 8.78. The van der Waals surface area contributed by atoms with Crippen LogP contribution in [-0.4, -0.2) is 19.3 Å². The summed E-state index contributed by atoms with van der Waals surface area (Å²) in [4.78, 5) is 0. The zero-order valence-corrected chi connectivity index (χ0v) is 19.9. The predicted octanol–water partition coefficient (Wildman–Crippen LogP) is 7.29. The molecule has 3 aliphatic rings. The number of rotatable bonds is 11. The Morgan fingerprint density at radius 3 is 1.62 bits per heavy atom. The van der Waals surface area contributed by atoms with Crippen LogP contribution in [0.2, 0.25) is 0 Å². The molecule has 2 aliphatic carbocycles. The highest BCUT2D eigenvalue weighted by Crippen LogP contribution is 2.42. The number of hydrogen-bond donors (Lipinski definition) is 2. The van der Waals surface area contributed by atoms with E-state index in [1.54, 1.807) is 25.7 Å². The topological polar surface area (TPSA) is 24.1 Å². The first kappa shape index (κ1) is 23.6. The fraction of sp³-hybridized carbons (Fsp3) is 1.00. The lowest BCUT2D eigenvalue weighted by atomic mass is 9.68. The van der Waals surface area contributed by atoms with Gasteiger partial charge in [0.25, 0.3) is 0 Å². The van der Waals surface area contributed by atoms with E-state index in [1.165, 1.54) is 96.6 Å². The van der Waals surface area contributed by atoms with Gasteiger partial charge >= 0.3 is 0 Å². The molecule has 0 aromatic heterocycles. The van der Waals surface area contributed by atoms with Crippen LogP contribution in [-0.2, 0) is 0 Å². The smallest absolute Gasteiger partial charge is 0.0600 e. The highest BCUT2D eigenvalue weighted by atomic mass is 15.2. The summed E-state index contributed by atoms with van der Waals surface area (Å²) >= 11 is 0. The molecule has 170 valence electrons. The first-order chi connectivity index (χ1) is 14.3. The fourth-order valence-electron chi connectivity index (χ4n) is 6.71. The van der Waals surface area contributed by atoms with Crippen molar-refractivity contribution in [2.24, 2.45) is 29.6 Å². The van der Waals surface area contributed by atoms with Crippen molar-refractivity contribution in [3.8, 4) is 0 Å². The molecule has 2 heteroatoms. The first-order valence-electron chi connectivity index (χ1n) is 13.8. The summed E-state index contributed by atoms with van der Waals surface area (Å²) in [6.45, 7) is 7.15. The van der Waals surface area contributed by atoms with Crippen LogP contribution < -0.4 is 10.6 Å². The van der Waals surface area contributed by atoms with E-state index >= 15 is 0 Å². The molecule has 3 fully saturated rings. The van der Waals surface area contributed by atoms with Gasteiger partial charge in [0.1, 0.15) is 0 Å².